The van der Waals surface area contributed by atoms with E-state index in [1.807, 2.05) is 31.2 Å². The topological polar surface area (TPSA) is 58.6 Å². The molecule has 0 saturated carbocycles. The minimum atomic E-state index is -0.749. The average molecular weight is 237 g/mol. The molecule has 2 N–H and O–H groups in total. The molecule has 94 valence electrons. The van der Waals surface area contributed by atoms with E-state index < -0.39 is 5.97 Å². The molecule has 1 atom stereocenters. The maximum atomic E-state index is 10.5. The summed E-state index contributed by atoms with van der Waals surface area (Å²) in [6.45, 7) is 3.34. The predicted octanol–water partition coefficient (Wildman–Crippen LogP) is 1.90. The van der Waals surface area contributed by atoms with Crippen LogP contribution in [0.1, 0.15) is 18.9 Å². The van der Waals surface area contributed by atoms with Crippen molar-refractivity contribution in [2.75, 3.05) is 13.7 Å². The van der Waals surface area contributed by atoms with Gasteiger partial charge >= 0.3 is 5.97 Å². The van der Waals surface area contributed by atoms with E-state index >= 15 is 0 Å². The molecule has 0 aliphatic heterocycles. The molecule has 1 aromatic rings. The van der Waals surface area contributed by atoms with Gasteiger partial charge in [0, 0.05) is 13.0 Å². The molecule has 4 nitrogen and oxygen atoms in total. The van der Waals surface area contributed by atoms with E-state index in [4.69, 9.17) is 9.84 Å². The van der Waals surface area contributed by atoms with Crippen LogP contribution >= 0.6 is 0 Å². The smallest absolute Gasteiger partial charge is 0.303 e. The first-order valence-corrected chi connectivity index (χ1v) is 5.67. The number of carbonyl (C=O) groups is 1. The number of hydrogen-bond donors (Lipinski definition) is 2. The second kappa shape index (κ2) is 6.91. The number of benzene rings is 1. The third kappa shape index (κ3) is 5.36. The summed E-state index contributed by atoms with van der Waals surface area (Å²) in [5.74, 6) is 0.224. The van der Waals surface area contributed by atoms with Gasteiger partial charge in [0.1, 0.15) is 5.75 Å². The lowest BCUT2D eigenvalue weighted by Crippen LogP contribution is -2.22. The summed E-state index contributed by atoms with van der Waals surface area (Å²) in [5, 5.41) is 11.9. The van der Waals surface area contributed by atoms with E-state index in [0.29, 0.717) is 6.54 Å². The van der Waals surface area contributed by atoms with Gasteiger partial charge in [0.2, 0.25) is 0 Å². The number of rotatable bonds is 7. The molecule has 17 heavy (non-hydrogen) atoms. The van der Waals surface area contributed by atoms with Crippen molar-refractivity contribution in [3.63, 3.8) is 0 Å². The predicted molar refractivity (Wildman–Crippen MR) is 66.1 cm³/mol. The number of carboxylic acid groups (broad SMARTS) is 1. The Balaban J connectivity index is 2.32. The number of aliphatic carboxylic acids is 1. The Hall–Kier alpha value is -1.55. The van der Waals surface area contributed by atoms with Gasteiger partial charge in [0.25, 0.3) is 0 Å². The highest BCUT2D eigenvalue weighted by Gasteiger charge is 2.06. The minimum absolute atomic E-state index is 0.137. The molecular formula is C13H19NO3. The fourth-order valence-electron chi connectivity index (χ4n) is 1.62. The quantitative estimate of drug-likeness (QED) is 0.760. The van der Waals surface area contributed by atoms with Crippen molar-refractivity contribution in [3.05, 3.63) is 29.8 Å². The van der Waals surface area contributed by atoms with E-state index in [0.717, 1.165) is 17.9 Å². The first kappa shape index (κ1) is 13.5. The van der Waals surface area contributed by atoms with Crippen LogP contribution in [0.5, 0.6) is 5.75 Å². The molecule has 1 rings (SSSR count). The van der Waals surface area contributed by atoms with Crippen LogP contribution in [0.3, 0.4) is 0 Å². The molecule has 0 aliphatic rings. The fourth-order valence-corrected chi connectivity index (χ4v) is 1.62. The zero-order chi connectivity index (χ0) is 12.7. The summed E-state index contributed by atoms with van der Waals surface area (Å²) in [6, 6.07) is 7.82. The number of ether oxygens (including phenoxy) is 1. The number of carboxylic acids is 1. The normalized spacial score (nSPS) is 12.1. The average Bonchev–Trinajstić information content (AvgIpc) is 2.28. The summed E-state index contributed by atoms with van der Waals surface area (Å²) in [7, 11) is 1.64. The number of hydrogen-bond acceptors (Lipinski definition) is 3. The van der Waals surface area contributed by atoms with Crippen molar-refractivity contribution >= 4 is 5.97 Å². The van der Waals surface area contributed by atoms with Crippen LogP contribution in [0.25, 0.3) is 0 Å². The molecular weight excluding hydrogens is 218 g/mol. The zero-order valence-corrected chi connectivity index (χ0v) is 10.3. The molecule has 0 saturated heterocycles. The zero-order valence-electron chi connectivity index (χ0n) is 10.3. The van der Waals surface area contributed by atoms with Gasteiger partial charge in [0.15, 0.2) is 0 Å². The van der Waals surface area contributed by atoms with Crippen LogP contribution in [0.15, 0.2) is 24.3 Å². The van der Waals surface area contributed by atoms with Gasteiger partial charge < -0.3 is 15.2 Å². The molecule has 0 radical (unpaired) electrons. The van der Waals surface area contributed by atoms with E-state index in [1.54, 1.807) is 7.11 Å². The van der Waals surface area contributed by atoms with Crippen LogP contribution in [-0.2, 0) is 11.3 Å². The van der Waals surface area contributed by atoms with Gasteiger partial charge in [-0.1, -0.05) is 19.1 Å². The summed E-state index contributed by atoms with van der Waals surface area (Å²) in [5.41, 5.74) is 1.13. The number of methoxy groups -OCH3 is 1. The Kier molecular flexibility index (Phi) is 5.49. The first-order chi connectivity index (χ1) is 8.11. The van der Waals surface area contributed by atoms with Gasteiger partial charge in [-0.05, 0) is 30.2 Å². The van der Waals surface area contributed by atoms with Gasteiger partial charge in [-0.3, -0.25) is 4.79 Å². The monoisotopic (exact) mass is 237 g/mol. The van der Waals surface area contributed by atoms with Crippen molar-refractivity contribution in [1.82, 2.24) is 5.32 Å². The molecule has 0 amide bonds. The second-order valence-electron chi connectivity index (χ2n) is 4.19. The van der Waals surface area contributed by atoms with Gasteiger partial charge in [-0.25, -0.2) is 0 Å². The Morgan fingerprint density at radius 1 is 1.53 bits per heavy atom. The largest absolute Gasteiger partial charge is 0.497 e. The van der Waals surface area contributed by atoms with Crippen LogP contribution in [-0.4, -0.2) is 24.7 Å². The Bertz CT molecular complexity index is 365. The van der Waals surface area contributed by atoms with Crippen LogP contribution in [0, 0.1) is 5.92 Å². The van der Waals surface area contributed by atoms with Crippen LogP contribution < -0.4 is 10.1 Å². The molecule has 0 spiro atoms. The van der Waals surface area contributed by atoms with E-state index in [9.17, 15) is 4.79 Å². The lowest BCUT2D eigenvalue weighted by Gasteiger charge is -2.10. The maximum Gasteiger partial charge on any atom is 0.303 e. The molecule has 1 unspecified atom stereocenters. The lowest BCUT2D eigenvalue weighted by molar-refractivity contribution is -0.137. The maximum absolute atomic E-state index is 10.5. The van der Waals surface area contributed by atoms with Crippen molar-refractivity contribution in [1.29, 1.82) is 0 Å². The lowest BCUT2D eigenvalue weighted by atomic mass is 10.1. The highest BCUT2D eigenvalue weighted by Crippen LogP contribution is 2.12. The second-order valence-corrected chi connectivity index (χ2v) is 4.19. The Morgan fingerprint density at radius 2 is 2.29 bits per heavy atom. The van der Waals surface area contributed by atoms with Gasteiger partial charge in [-0.2, -0.15) is 0 Å². The van der Waals surface area contributed by atoms with Crippen LogP contribution in [0.2, 0.25) is 0 Å². The summed E-state index contributed by atoms with van der Waals surface area (Å²) in [4.78, 5) is 10.5. The Labute approximate surface area is 102 Å². The molecule has 0 heterocycles. The van der Waals surface area contributed by atoms with Crippen LogP contribution in [0.4, 0.5) is 0 Å². The van der Waals surface area contributed by atoms with Crippen molar-refractivity contribution in [2.45, 2.75) is 19.9 Å². The fraction of sp³-hybridized carbons (Fsp3) is 0.462. The van der Waals surface area contributed by atoms with Gasteiger partial charge in [0.05, 0.1) is 7.11 Å². The van der Waals surface area contributed by atoms with E-state index in [-0.39, 0.29) is 12.3 Å². The first-order valence-electron chi connectivity index (χ1n) is 5.67. The third-order valence-electron chi connectivity index (χ3n) is 2.48. The summed E-state index contributed by atoms with van der Waals surface area (Å²) >= 11 is 0. The standard InChI is InChI=1S/C13H19NO3/c1-10(6-13(15)16)8-14-9-11-4-3-5-12(7-11)17-2/h3-5,7,10,14H,6,8-9H2,1-2H3,(H,15,16). The molecule has 1 aromatic carbocycles. The summed E-state index contributed by atoms with van der Waals surface area (Å²) < 4.78 is 5.13. The SMILES string of the molecule is COc1cccc(CNCC(C)CC(=O)O)c1. The molecule has 4 heteroatoms. The van der Waals surface area contributed by atoms with Crippen molar-refractivity contribution < 1.29 is 14.6 Å². The minimum Gasteiger partial charge on any atom is -0.497 e. The van der Waals surface area contributed by atoms with Crippen molar-refractivity contribution in [3.8, 4) is 5.75 Å². The molecule has 0 bridgehead atoms. The van der Waals surface area contributed by atoms with Gasteiger partial charge in [-0.15, -0.1) is 0 Å². The molecule has 0 fully saturated rings. The van der Waals surface area contributed by atoms with E-state index in [2.05, 4.69) is 5.32 Å². The van der Waals surface area contributed by atoms with E-state index in [1.165, 1.54) is 0 Å². The highest BCUT2D eigenvalue weighted by atomic mass is 16.5. The third-order valence-corrected chi connectivity index (χ3v) is 2.48. The number of nitrogens with one attached hydrogen (secondary N) is 1. The summed E-state index contributed by atoms with van der Waals surface area (Å²) in [6.07, 6.45) is 0.200. The molecule has 0 aliphatic carbocycles. The Morgan fingerprint density at radius 3 is 2.94 bits per heavy atom. The highest BCUT2D eigenvalue weighted by molar-refractivity contribution is 5.66. The molecule has 0 aromatic heterocycles. The van der Waals surface area contributed by atoms with Crippen molar-refractivity contribution in [2.24, 2.45) is 5.92 Å².